The summed E-state index contributed by atoms with van der Waals surface area (Å²) in [5.74, 6) is -0.0627. The first kappa shape index (κ1) is 12.6. The zero-order valence-electron chi connectivity index (χ0n) is 8.77. The molecule has 6 nitrogen and oxygen atoms in total. The van der Waals surface area contributed by atoms with Gasteiger partial charge in [-0.25, -0.2) is 13.8 Å². The molecule has 1 fully saturated rings. The second-order valence-corrected chi connectivity index (χ2v) is 6.81. The molecule has 0 radical (unpaired) electrons. The molecule has 1 unspecified atom stereocenters. The van der Waals surface area contributed by atoms with Crippen molar-refractivity contribution in [3.63, 3.8) is 0 Å². The van der Waals surface area contributed by atoms with Crippen LogP contribution >= 0.6 is 15.9 Å². The van der Waals surface area contributed by atoms with Gasteiger partial charge in [0.2, 0.25) is 0 Å². The highest BCUT2D eigenvalue weighted by molar-refractivity contribution is 9.10. The fourth-order valence-electron chi connectivity index (χ4n) is 1.57. The highest BCUT2D eigenvalue weighted by Crippen LogP contribution is 2.14. The van der Waals surface area contributed by atoms with Gasteiger partial charge in [-0.2, -0.15) is 0 Å². The summed E-state index contributed by atoms with van der Waals surface area (Å²) < 4.78 is 27.9. The molecular formula is C9H11BrN2O4S. The van der Waals surface area contributed by atoms with E-state index in [0.717, 1.165) is 0 Å². The Morgan fingerprint density at radius 3 is 2.76 bits per heavy atom. The number of furan rings is 1. The van der Waals surface area contributed by atoms with Crippen LogP contribution in [0.25, 0.3) is 0 Å². The van der Waals surface area contributed by atoms with Crippen molar-refractivity contribution in [3.8, 4) is 0 Å². The number of hydrogen-bond donors (Lipinski definition) is 2. The van der Waals surface area contributed by atoms with Crippen LogP contribution in [0.2, 0.25) is 0 Å². The van der Waals surface area contributed by atoms with Crippen LogP contribution in [0.5, 0.6) is 0 Å². The maximum atomic E-state index is 11.5. The molecular weight excluding hydrogens is 312 g/mol. The maximum Gasteiger partial charge on any atom is 0.301 e. The topological polar surface area (TPSA) is 88.4 Å². The summed E-state index contributed by atoms with van der Waals surface area (Å²) >= 11 is 3.09. The van der Waals surface area contributed by atoms with Gasteiger partial charge in [0, 0.05) is 6.04 Å². The standard InChI is InChI=1S/C9H11BrN2O4S/c10-8-2-1-7(16-8)9(13)12-11-6-3-4-17(14,15)5-6/h1-2,6,11H,3-5H2,(H,12,13). The van der Waals surface area contributed by atoms with E-state index < -0.39 is 15.7 Å². The number of rotatable bonds is 3. The summed E-state index contributed by atoms with van der Waals surface area (Å²) in [6.07, 6.45) is 0.504. The minimum absolute atomic E-state index is 0.0507. The van der Waals surface area contributed by atoms with E-state index in [0.29, 0.717) is 11.1 Å². The third-order valence-electron chi connectivity index (χ3n) is 2.42. The molecule has 0 aromatic carbocycles. The van der Waals surface area contributed by atoms with Gasteiger partial charge in [-0.05, 0) is 34.5 Å². The van der Waals surface area contributed by atoms with Crippen LogP contribution in [0.15, 0.2) is 21.2 Å². The molecule has 94 valence electrons. The lowest BCUT2D eigenvalue weighted by atomic mass is 10.3. The fraction of sp³-hybridized carbons (Fsp3) is 0.444. The van der Waals surface area contributed by atoms with Crippen molar-refractivity contribution in [1.82, 2.24) is 10.9 Å². The molecule has 0 aliphatic carbocycles. The van der Waals surface area contributed by atoms with Gasteiger partial charge < -0.3 is 4.42 Å². The molecule has 0 spiro atoms. The fourth-order valence-corrected chi connectivity index (χ4v) is 3.55. The van der Waals surface area contributed by atoms with Crippen molar-refractivity contribution in [3.05, 3.63) is 22.6 Å². The van der Waals surface area contributed by atoms with Crippen molar-refractivity contribution < 1.29 is 17.6 Å². The molecule has 1 aliphatic heterocycles. The van der Waals surface area contributed by atoms with E-state index >= 15 is 0 Å². The number of carbonyl (C=O) groups excluding carboxylic acids is 1. The summed E-state index contributed by atoms with van der Waals surface area (Å²) in [6.45, 7) is 0. The Hall–Kier alpha value is -0.860. The Balaban J connectivity index is 1.85. The molecule has 17 heavy (non-hydrogen) atoms. The molecule has 0 saturated carbocycles. The molecule has 2 rings (SSSR count). The third-order valence-corrected chi connectivity index (χ3v) is 4.61. The monoisotopic (exact) mass is 322 g/mol. The molecule has 1 atom stereocenters. The Bertz CT molecular complexity index is 525. The van der Waals surface area contributed by atoms with Crippen molar-refractivity contribution in [2.75, 3.05) is 11.5 Å². The van der Waals surface area contributed by atoms with Gasteiger partial charge in [-0.15, -0.1) is 0 Å². The van der Waals surface area contributed by atoms with Crippen LogP contribution in [-0.4, -0.2) is 31.9 Å². The third kappa shape index (κ3) is 3.30. The minimum Gasteiger partial charge on any atom is -0.444 e. The average Bonchev–Trinajstić information content (AvgIpc) is 2.81. The molecule has 0 bridgehead atoms. The lowest BCUT2D eigenvalue weighted by molar-refractivity contribution is 0.0897. The summed E-state index contributed by atoms with van der Waals surface area (Å²) in [7, 11) is -2.95. The van der Waals surface area contributed by atoms with Crippen LogP contribution in [-0.2, 0) is 9.84 Å². The van der Waals surface area contributed by atoms with Gasteiger partial charge in [0.25, 0.3) is 0 Å². The van der Waals surface area contributed by atoms with E-state index in [1.165, 1.54) is 6.07 Å². The summed E-state index contributed by atoms with van der Waals surface area (Å²) in [5, 5.41) is 0. The Morgan fingerprint density at radius 1 is 1.47 bits per heavy atom. The highest BCUT2D eigenvalue weighted by Gasteiger charge is 2.28. The minimum atomic E-state index is -2.95. The van der Waals surface area contributed by atoms with E-state index in [-0.39, 0.29) is 23.3 Å². The number of carbonyl (C=O) groups is 1. The highest BCUT2D eigenvalue weighted by atomic mass is 79.9. The molecule has 2 heterocycles. The number of hydrazine groups is 1. The Morgan fingerprint density at radius 2 is 2.24 bits per heavy atom. The predicted molar refractivity (Wildman–Crippen MR) is 64.1 cm³/mol. The van der Waals surface area contributed by atoms with Gasteiger partial charge in [-0.1, -0.05) is 0 Å². The molecule has 1 aliphatic rings. The smallest absolute Gasteiger partial charge is 0.301 e. The van der Waals surface area contributed by atoms with E-state index in [4.69, 9.17) is 4.42 Å². The van der Waals surface area contributed by atoms with Gasteiger partial charge in [0.15, 0.2) is 20.3 Å². The normalized spacial score (nSPS) is 22.5. The van der Waals surface area contributed by atoms with E-state index in [9.17, 15) is 13.2 Å². The SMILES string of the molecule is O=C(NNC1CCS(=O)(=O)C1)c1ccc(Br)o1. The molecule has 1 saturated heterocycles. The first-order valence-corrected chi connectivity index (χ1v) is 7.59. The van der Waals surface area contributed by atoms with Crippen LogP contribution < -0.4 is 10.9 Å². The van der Waals surface area contributed by atoms with Crippen molar-refractivity contribution in [2.45, 2.75) is 12.5 Å². The molecule has 1 aromatic heterocycles. The lowest BCUT2D eigenvalue weighted by Gasteiger charge is -2.10. The number of halogens is 1. The van der Waals surface area contributed by atoms with Gasteiger partial charge in [-0.3, -0.25) is 10.2 Å². The quantitative estimate of drug-likeness (QED) is 0.789. The van der Waals surface area contributed by atoms with E-state index in [1.807, 2.05) is 0 Å². The summed E-state index contributed by atoms with van der Waals surface area (Å²) in [5.41, 5.74) is 5.11. The lowest BCUT2D eigenvalue weighted by Crippen LogP contribution is -2.44. The number of hydrogen-bond acceptors (Lipinski definition) is 5. The number of amides is 1. The Labute approximate surface area is 107 Å². The molecule has 2 N–H and O–H groups in total. The predicted octanol–water partition coefficient (Wildman–Crippen LogP) is 0.464. The van der Waals surface area contributed by atoms with Crippen LogP contribution in [0.1, 0.15) is 17.0 Å². The van der Waals surface area contributed by atoms with E-state index in [2.05, 4.69) is 26.8 Å². The molecule has 1 amide bonds. The first-order chi connectivity index (χ1) is 7.96. The average molecular weight is 323 g/mol. The first-order valence-electron chi connectivity index (χ1n) is 4.98. The Kier molecular flexibility index (Phi) is 3.55. The zero-order valence-corrected chi connectivity index (χ0v) is 11.2. The maximum absolute atomic E-state index is 11.5. The van der Waals surface area contributed by atoms with Crippen molar-refractivity contribution in [2.24, 2.45) is 0 Å². The van der Waals surface area contributed by atoms with Gasteiger partial charge in [0.05, 0.1) is 11.5 Å². The number of sulfone groups is 1. The summed E-state index contributed by atoms with van der Waals surface area (Å²) in [6, 6.07) is 2.89. The molecule has 1 aromatic rings. The summed E-state index contributed by atoms with van der Waals surface area (Å²) in [4.78, 5) is 11.5. The van der Waals surface area contributed by atoms with Gasteiger partial charge in [0.1, 0.15) is 0 Å². The van der Waals surface area contributed by atoms with Crippen LogP contribution in [0.4, 0.5) is 0 Å². The van der Waals surface area contributed by atoms with Crippen LogP contribution in [0, 0.1) is 0 Å². The molecule has 8 heteroatoms. The van der Waals surface area contributed by atoms with Crippen LogP contribution in [0.3, 0.4) is 0 Å². The second-order valence-electron chi connectivity index (χ2n) is 3.80. The number of nitrogens with one attached hydrogen (secondary N) is 2. The second kappa shape index (κ2) is 4.79. The van der Waals surface area contributed by atoms with Crippen molar-refractivity contribution in [1.29, 1.82) is 0 Å². The zero-order chi connectivity index (χ0) is 12.5. The van der Waals surface area contributed by atoms with Crippen molar-refractivity contribution >= 4 is 31.7 Å². The largest absolute Gasteiger partial charge is 0.444 e. The van der Waals surface area contributed by atoms with Gasteiger partial charge >= 0.3 is 5.91 Å². The van der Waals surface area contributed by atoms with E-state index in [1.54, 1.807) is 6.07 Å².